The van der Waals surface area contributed by atoms with Gasteiger partial charge in [0.25, 0.3) is 5.56 Å². The summed E-state index contributed by atoms with van der Waals surface area (Å²) in [5.41, 5.74) is 3.12. The number of nitrogens with zero attached hydrogens (tertiary/aromatic N) is 3. The van der Waals surface area contributed by atoms with Crippen molar-refractivity contribution in [3.8, 4) is 22.6 Å². The lowest BCUT2D eigenvalue weighted by molar-refractivity contribution is 0.00377. The Bertz CT molecular complexity index is 1150. The van der Waals surface area contributed by atoms with Crippen LogP contribution in [0.1, 0.15) is 32.8 Å². The monoisotopic (exact) mass is 421 g/mol. The van der Waals surface area contributed by atoms with Gasteiger partial charge in [0.1, 0.15) is 11.5 Å². The number of hydrogen-bond donors (Lipinski definition) is 0. The largest absolute Gasteiger partial charge is 0.496 e. The number of aromatic nitrogens is 2. The van der Waals surface area contributed by atoms with Gasteiger partial charge in [-0.2, -0.15) is 0 Å². The molecule has 0 saturated carbocycles. The Kier molecular flexibility index (Phi) is 5.52. The second-order valence-electron chi connectivity index (χ2n) is 9.38. The predicted octanol–water partition coefficient (Wildman–Crippen LogP) is 4.24. The summed E-state index contributed by atoms with van der Waals surface area (Å²) >= 11 is 0. The lowest BCUT2D eigenvalue weighted by Crippen LogP contribution is -2.53. The van der Waals surface area contributed by atoms with Gasteiger partial charge < -0.3 is 14.0 Å². The highest BCUT2D eigenvalue weighted by Gasteiger charge is 2.37. The summed E-state index contributed by atoms with van der Waals surface area (Å²) in [7, 11) is 5.15. The molecule has 1 fully saturated rings. The van der Waals surface area contributed by atoms with Gasteiger partial charge in [0.2, 0.25) is 0 Å². The van der Waals surface area contributed by atoms with Gasteiger partial charge in [-0.25, -0.2) is 0 Å². The van der Waals surface area contributed by atoms with Crippen LogP contribution >= 0.6 is 0 Å². The fraction of sp³-hybridized carbons (Fsp3) is 0.440. The number of ether oxygens (including phenoxy) is 2. The van der Waals surface area contributed by atoms with Crippen molar-refractivity contribution in [1.82, 2.24) is 14.5 Å². The van der Waals surface area contributed by atoms with E-state index >= 15 is 0 Å². The van der Waals surface area contributed by atoms with Crippen molar-refractivity contribution in [2.24, 2.45) is 12.5 Å². The van der Waals surface area contributed by atoms with E-state index in [9.17, 15) is 4.79 Å². The molecule has 1 aromatic carbocycles. The molecule has 0 radical (unpaired) electrons. The molecule has 2 aromatic heterocycles. The molecule has 6 heteroatoms. The molecule has 0 aliphatic carbocycles. The quantitative estimate of drug-likeness (QED) is 0.617. The Morgan fingerprint density at radius 1 is 1.13 bits per heavy atom. The summed E-state index contributed by atoms with van der Waals surface area (Å²) in [5, 5.41) is 1.46. The Labute approximate surface area is 183 Å². The van der Waals surface area contributed by atoms with Crippen molar-refractivity contribution in [3.63, 3.8) is 0 Å². The molecule has 1 aliphatic rings. The topological polar surface area (TPSA) is 56.6 Å². The summed E-state index contributed by atoms with van der Waals surface area (Å²) in [6.07, 6.45) is 6.42. The molecule has 3 aromatic rings. The normalized spacial score (nSPS) is 16.9. The third-order valence-electron chi connectivity index (χ3n) is 6.40. The van der Waals surface area contributed by atoms with Gasteiger partial charge in [0.05, 0.1) is 25.2 Å². The van der Waals surface area contributed by atoms with E-state index in [1.54, 1.807) is 38.2 Å². The molecular weight excluding hydrogens is 390 g/mol. The summed E-state index contributed by atoms with van der Waals surface area (Å²) in [6, 6.07) is 6.52. The predicted molar refractivity (Wildman–Crippen MR) is 124 cm³/mol. The van der Waals surface area contributed by atoms with Gasteiger partial charge in [-0.3, -0.25) is 14.7 Å². The fourth-order valence-electron chi connectivity index (χ4n) is 4.65. The van der Waals surface area contributed by atoms with E-state index in [0.717, 1.165) is 46.7 Å². The molecule has 3 heterocycles. The zero-order valence-electron chi connectivity index (χ0n) is 19.2. The smallest absolute Gasteiger partial charge is 0.259 e. The average molecular weight is 422 g/mol. The number of rotatable bonds is 5. The highest BCUT2D eigenvalue weighted by Crippen LogP contribution is 2.41. The van der Waals surface area contributed by atoms with Crippen LogP contribution in [0.5, 0.6) is 11.5 Å². The van der Waals surface area contributed by atoms with Crippen LogP contribution in [0.15, 0.2) is 41.6 Å². The van der Waals surface area contributed by atoms with E-state index in [1.165, 1.54) is 6.42 Å². The highest BCUT2D eigenvalue weighted by molar-refractivity contribution is 5.95. The van der Waals surface area contributed by atoms with E-state index in [2.05, 4.69) is 30.7 Å². The molecule has 0 N–H and O–H groups in total. The first-order valence-electron chi connectivity index (χ1n) is 10.7. The first kappa shape index (κ1) is 21.4. The number of pyridine rings is 2. The Morgan fingerprint density at radius 3 is 2.35 bits per heavy atom. The van der Waals surface area contributed by atoms with Crippen molar-refractivity contribution in [2.75, 3.05) is 20.8 Å². The summed E-state index contributed by atoms with van der Waals surface area (Å²) in [5.74, 6) is 1.59. The molecule has 6 nitrogen and oxygen atoms in total. The Balaban J connectivity index is 1.82. The highest BCUT2D eigenvalue weighted by atomic mass is 16.5. The minimum absolute atomic E-state index is 0.0617. The maximum atomic E-state index is 12.6. The number of fused-ring (bicyclic) bond motifs is 1. The number of likely N-dealkylation sites (tertiary alicyclic amines) is 1. The lowest BCUT2D eigenvalue weighted by atomic mass is 9.79. The van der Waals surface area contributed by atoms with Crippen LogP contribution in [0.3, 0.4) is 0 Å². The summed E-state index contributed by atoms with van der Waals surface area (Å²) in [6.45, 7) is 8.74. The van der Waals surface area contributed by atoms with Gasteiger partial charge in [0, 0.05) is 50.3 Å². The molecule has 164 valence electrons. The molecule has 0 amide bonds. The van der Waals surface area contributed by atoms with Crippen LogP contribution in [-0.2, 0) is 13.6 Å². The molecule has 1 aliphatic heterocycles. The number of methoxy groups -OCH3 is 2. The van der Waals surface area contributed by atoms with E-state index in [-0.39, 0.29) is 11.0 Å². The van der Waals surface area contributed by atoms with Crippen LogP contribution in [0, 0.1) is 5.41 Å². The first-order valence-corrected chi connectivity index (χ1v) is 10.7. The van der Waals surface area contributed by atoms with Crippen molar-refractivity contribution in [2.45, 2.75) is 39.8 Å². The standard InChI is InChI=1S/C25H31N3O3/c1-25(2,3)23-8-10-28(23)15-20-21(30-5)11-16(12-22(20)31-6)19-14-27(4)24(29)18-13-26-9-7-17(18)19/h7,9,11-14,23H,8,10,15H2,1-6H3. The van der Waals surface area contributed by atoms with Crippen molar-refractivity contribution < 1.29 is 9.47 Å². The third kappa shape index (κ3) is 3.81. The second-order valence-corrected chi connectivity index (χ2v) is 9.38. The molecule has 1 unspecified atom stereocenters. The third-order valence-corrected chi connectivity index (χ3v) is 6.40. The van der Waals surface area contributed by atoms with Crippen LogP contribution in [-0.4, -0.2) is 41.3 Å². The van der Waals surface area contributed by atoms with Gasteiger partial charge in [0.15, 0.2) is 0 Å². The maximum absolute atomic E-state index is 12.6. The minimum atomic E-state index is -0.0617. The van der Waals surface area contributed by atoms with Gasteiger partial charge in [-0.1, -0.05) is 20.8 Å². The van der Waals surface area contributed by atoms with Crippen LogP contribution in [0.25, 0.3) is 21.9 Å². The van der Waals surface area contributed by atoms with Crippen LogP contribution in [0.4, 0.5) is 0 Å². The molecule has 1 saturated heterocycles. The molecule has 4 rings (SSSR count). The maximum Gasteiger partial charge on any atom is 0.259 e. The van der Waals surface area contributed by atoms with E-state index in [1.807, 2.05) is 24.4 Å². The molecule has 1 atom stereocenters. The minimum Gasteiger partial charge on any atom is -0.496 e. The van der Waals surface area contributed by atoms with E-state index < -0.39 is 0 Å². The van der Waals surface area contributed by atoms with Crippen molar-refractivity contribution >= 4 is 10.8 Å². The zero-order chi connectivity index (χ0) is 22.3. The molecule has 0 spiro atoms. The summed E-state index contributed by atoms with van der Waals surface area (Å²) in [4.78, 5) is 19.2. The van der Waals surface area contributed by atoms with Crippen molar-refractivity contribution in [3.05, 3.63) is 52.7 Å². The van der Waals surface area contributed by atoms with Crippen LogP contribution < -0.4 is 15.0 Å². The average Bonchev–Trinajstić information content (AvgIpc) is 2.72. The van der Waals surface area contributed by atoms with Crippen LogP contribution in [0.2, 0.25) is 0 Å². The Hall–Kier alpha value is -2.86. The molecule has 0 bridgehead atoms. The second kappa shape index (κ2) is 8.00. The van der Waals surface area contributed by atoms with Gasteiger partial charge in [-0.05, 0) is 41.0 Å². The number of hydrogen-bond acceptors (Lipinski definition) is 5. The SMILES string of the molecule is COc1cc(-c2cn(C)c(=O)c3cnccc23)cc(OC)c1CN1CCC1C(C)(C)C. The van der Waals surface area contributed by atoms with Crippen molar-refractivity contribution in [1.29, 1.82) is 0 Å². The Morgan fingerprint density at radius 2 is 1.81 bits per heavy atom. The zero-order valence-corrected chi connectivity index (χ0v) is 19.2. The van der Waals surface area contributed by atoms with Gasteiger partial charge in [-0.15, -0.1) is 0 Å². The van der Waals surface area contributed by atoms with E-state index in [4.69, 9.17) is 9.47 Å². The lowest BCUT2D eigenvalue weighted by Gasteiger charge is -2.48. The molecular formula is C25H31N3O3. The van der Waals surface area contributed by atoms with E-state index in [0.29, 0.717) is 11.4 Å². The molecule has 31 heavy (non-hydrogen) atoms. The number of benzene rings is 1. The first-order chi connectivity index (χ1) is 14.7. The fourth-order valence-corrected chi connectivity index (χ4v) is 4.65. The van der Waals surface area contributed by atoms with Gasteiger partial charge >= 0.3 is 0 Å². The summed E-state index contributed by atoms with van der Waals surface area (Å²) < 4.78 is 13.2. The number of aryl methyl sites for hydroxylation is 1.